The Kier molecular flexibility index (Phi) is 5.14. The maximum Gasteiger partial charge on any atom is 0.254 e. The minimum atomic E-state index is -0.0359. The molecule has 3 aromatic rings. The van der Waals surface area contributed by atoms with E-state index in [2.05, 4.69) is 15.5 Å². The lowest BCUT2D eigenvalue weighted by Crippen LogP contribution is -2.35. The monoisotopic (exact) mass is 359 g/mol. The summed E-state index contributed by atoms with van der Waals surface area (Å²) in [6.45, 7) is 2.04. The highest BCUT2D eigenvalue weighted by atomic mass is 16.1. The number of benzene rings is 2. The van der Waals surface area contributed by atoms with Gasteiger partial charge in [-0.1, -0.05) is 67.6 Å². The van der Waals surface area contributed by atoms with Crippen LogP contribution in [0.3, 0.4) is 0 Å². The van der Waals surface area contributed by atoms with Gasteiger partial charge in [0.15, 0.2) is 0 Å². The molecular weight excluding hydrogens is 334 g/mol. The molecule has 1 aliphatic carbocycles. The number of hydrogen-bond acceptors (Lipinski definition) is 3. The number of carbonyl (C=O) groups excluding carboxylic acids is 1. The second kappa shape index (κ2) is 7.87. The molecule has 4 heteroatoms. The third-order valence-corrected chi connectivity index (χ3v) is 5.38. The van der Waals surface area contributed by atoms with Crippen molar-refractivity contribution in [1.82, 2.24) is 15.5 Å². The summed E-state index contributed by atoms with van der Waals surface area (Å²) in [6, 6.07) is 16.1. The maximum atomic E-state index is 13.4. The van der Waals surface area contributed by atoms with Crippen LogP contribution < -0.4 is 5.32 Å². The Morgan fingerprint density at radius 3 is 2.44 bits per heavy atom. The fourth-order valence-corrected chi connectivity index (χ4v) is 3.93. The summed E-state index contributed by atoms with van der Waals surface area (Å²) in [5, 5.41) is 13.0. The number of carbonyl (C=O) groups is 1. The lowest BCUT2D eigenvalue weighted by Gasteiger charge is -2.18. The highest BCUT2D eigenvalue weighted by Crippen LogP contribution is 2.28. The Morgan fingerprint density at radius 2 is 1.70 bits per heavy atom. The number of rotatable bonds is 3. The summed E-state index contributed by atoms with van der Waals surface area (Å²) >= 11 is 0. The van der Waals surface area contributed by atoms with E-state index >= 15 is 0 Å². The maximum absolute atomic E-state index is 13.4. The molecule has 1 amide bonds. The second-order valence-corrected chi connectivity index (χ2v) is 7.47. The Labute approximate surface area is 160 Å². The number of aromatic nitrogens is 2. The standard InChI is InChI=1S/C23H25N3O/c1-16-13-14-20-19(15-16)21(22(26-25-20)17-9-5-4-6-10-17)23(27)24-18-11-7-2-3-8-12-18/h4-6,9-10,13-15,18H,2-3,7-8,11-12H2,1H3,(H,24,27). The molecule has 4 nitrogen and oxygen atoms in total. The van der Waals surface area contributed by atoms with Crippen LogP contribution in [-0.4, -0.2) is 22.1 Å². The van der Waals surface area contributed by atoms with E-state index < -0.39 is 0 Å². The summed E-state index contributed by atoms with van der Waals surface area (Å²) in [6.07, 6.45) is 7.01. The molecule has 27 heavy (non-hydrogen) atoms. The van der Waals surface area contributed by atoms with E-state index in [0.717, 1.165) is 34.9 Å². The number of nitrogens with one attached hydrogen (secondary N) is 1. The molecule has 0 saturated heterocycles. The van der Waals surface area contributed by atoms with Crippen molar-refractivity contribution in [3.63, 3.8) is 0 Å². The van der Waals surface area contributed by atoms with Gasteiger partial charge in [-0.15, -0.1) is 10.2 Å². The van der Waals surface area contributed by atoms with E-state index in [0.29, 0.717) is 11.3 Å². The average molecular weight is 359 g/mol. The molecule has 0 bridgehead atoms. The second-order valence-electron chi connectivity index (χ2n) is 7.47. The van der Waals surface area contributed by atoms with Gasteiger partial charge < -0.3 is 5.32 Å². The smallest absolute Gasteiger partial charge is 0.254 e. The van der Waals surface area contributed by atoms with Crippen LogP contribution in [0.2, 0.25) is 0 Å². The SMILES string of the molecule is Cc1ccc2nnc(-c3ccccc3)c(C(=O)NC3CCCCCC3)c2c1. The molecule has 1 aliphatic rings. The molecule has 0 atom stereocenters. The molecule has 2 aromatic carbocycles. The fraction of sp³-hybridized carbons (Fsp3) is 0.348. The topological polar surface area (TPSA) is 54.9 Å². The van der Waals surface area contributed by atoms with Crippen molar-refractivity contribution < 1.29 is 4.79 Å². The van der Waals surface area contributed by atoms with Crippen LogP contribution in [0.5, 0.6) is 0 Å². The molecule has 1 fully saturated rings. The van der Waals surface area contributed by atoms with E-state index in [1.807, 2.05) is 55.5 Å². The van der Waals surface area contributed by atoms with Gasteiger partial charge in [-0.25, -0.2) is 0 Å². The number of hydrogen-bond donors (Lipinski definition) is 1. The van der Waals surface area contributed by atoms with Crippen LogP contribution in [0, 0.1) is 6.92 Å². The predicted molar refractivity (Wildman–Crippen MR) is 109 cm³/mol. The quantitative estimate of drug-likeness (QED) is 0.665. The van der Waals surface area contributed by atoms with Crippen molar-refractivity contribution in [2.75, 3.05) is 0 Å². The van der Waals surface area contributed by atoms with Crippen LogP contribution >= 0.6 is 0 Å². The normalized spacial score (nSPS) is 15.4. The Balaban J connectivity index is 1.80. The van der Waals surface area contributed by atoms with Gasteiger partial charge in [0, 0.05) is 17.0 Å². The predicted octanol–water partition coefficient (Wildman–Crippen LogP) is 5.06. The minimum absolute atomic E-state index is 0.0359. The first kappa shape index (κ1) is 17.7. The summed E-state index contributed by atoms with van der Waals surface area (Å²) in [7, 11) is 0. The molecule has 1 aromatic heterocycles. The van der Waals surface area contributed by atoms with Crippen LogP contribution in [-0.2, 0) is 0 Å². The zero-order valence-corrected chi connectivity index (χ0v) is 15.7. The molecule has 0 unspecified atom stereocenters. The van der Waals surface area contributed by atoms with Crippen molar-refractivity contribution in [3.05, 3.63) is 59.7 Å². The molecule has 1 saturated carbocycles. The van der Waals surface area contributed by atoms with E-state index in [1.54, 1.807) is 0 Å². The Bertz CT molecular complexity index is 944. The highest BCUT2D eigenvalue weighted by molar-refractivity contribution is 6.10. The molecular formula is C23H25N3O. The lowest BCUT2D eigenvalue weighted by molar-refractivity contribution is 0.0935. The summed E-state index contributed by atoms with van der Waals surface area (Å²) in [4.78, 5) is 13.4. The third-order valence-electron chi connectivity index (χ3n) is 5.38. The summed E-state index contributed by atoms with van der Waals surface area (Å²) in [5.41, 5.74) is 4.07. The van der Waals surface area contributed by atoms with Gasteiger partial charge in [0.05, 0.1) is 11.1 Å². The van der Waals surface area contributed by atoms with Crippen molar-refractivity contribution in [2.45, 2.75) is 51.5 Å². The number of amides is 1. The first-order valence-corrected chi connectivity index (χ1v) is 9.86. The summed E-state index contributed by atoms with van der Waals surface area (Å²) in [5.74, 6) is -0.0359. The molecule has 138 valence electrons. The van der Waals surface area contributed by atoms with E-state index in [1.165, 1.54) is 25.7 Å². The van der Waals surface area contributed by atoms with Crippen LogP contribution in [0.4, 0.5) is 0 Å². The molecule has 4 rings (SSSR count). The van der Waals surface area contributed by atoms with E-state index in [-0.39, 0.29) is 11.9 Å². The number of fused-ring (bicyclic) bond motifs is 1. The van der Waals surface area contributed by atoms with Crippen molar-refractivity contribution in [3.8, 4) is 11.3 Å². The van der Waals surface area contributed by atoms with Gasteiger partial charge in [-0.3, -0.25) is 4.79 Å². The van der Waals surface area contributed by atoms with Crippen molar-refractivity contribution in [1.29, 1.82) is 0 Å². The van der Waals surface area contributed by atoms with Gasteiger partial charge in [0.25, 0.3) is 5.91 Å². The molecule has 1 heterocycles. The first-order valence-electron chi connectivity index (χ1n) is 9.86. The van der Waals surface area contributed by atoms with Gasteiger partial charge >= 0.3 is 0 Å². The Hall–Kier alpha value is -2.75. The van der Waals surface area contributed by atoms with Crippen LogP contribution in [0.25, 0.3) is 22.2 Å². The zero-order chi connectivity index (χ0) is 18.6. The molecule has 0 aliphatic heterocycles. The molecule has 1 N–H and O–H groups in total. The minimum Gasteiger partial charge on any atom is -0.349 e. The number of nitrogens with zero attached hydrogens (tertiary/aromatic N) is 2. The van der Waals surface area contributed by atoms with Gasteiger partial charge in [-0.2, -0.15) is 0 Å². The van der Waals surface area contributed by atoms with Gasteiger partial charge in [-0.05, 0) is 31.9 Å². The highest BCUT2D eigenvalue weighted by Gasteiger charge is 2.22. The van der Waals surface area contributed by atoms with Gasteiger partial charge in [0.2, 0.25) is 0 Å². The van der Waals surface area contributed by atoms with Crippen LogP contribution in [0.1, 0.15) is 54.4 Å². The van der Waals surface area contributed by atoms with E-state index in [9.17, 15) is 4.79 Å². The molecule has 0 spiro atoms. The fourth-order valence-electron chi connectivity index (χ4n) is 3.93. The van der Waals surface area contributed by atoms with Crippen molar-refractivity contribution in [2.24, 2.45) is 0 Å². The first-order chi connectivity index (χ1) is 13.2. The van der Waals surface area contributed by atoms with Gasteiger partial charge in [0.1, 0.15) is 5.69 Å². The largest absolute Gasteiger partial charge is 0.349 e. The number of aryl methyl sites for hydroxylation is 1. The van der Waals surface area contributed by atoms with E-state index in [4.69, 9.17) is 0 Å². The average Bonchev–Trinajstić information content (AvgIpc) is 2.96. The zero-order valence-electron chi connectivity index (χ0n) is 15.7. The Morgan fingerprint density at radius 1 is 0.963 bits per heavy atom. The van der Waals surface area contributed by atoms with Crippen molar-refractivity contribution >= 4 is 16.8 Å². The lowest BCUT2D eigenvalue weighted by atomic mass is 9.99. The third kappa shape index (κ3) is 3.85. The molecule has 0 radical (unpaired) electrons. The summed E-state index contributed by atoms with van der Waals surface area (Å²) < 4.78 is 0. The van der Waals surface area contributed by atoms with Crippen LogP contribution in [0.15, 0.2) is 48.5 Å².